The molecule has 0 spiro atoms. The third-order valence-electron chi connectivity index (χ3n) is 0. The van der Waals surface area contributed by atoms with Crippen molar-refractivity contribution in [1.82, 2.24) is 0 Å². The average Bonchev–Trinajstić information content (AvgIpc) is 0.722. The molecular formula is C2H6Cl4Ti-2. The molecule has 0 N–H and O–H groups in total. The molecule has 0 bridgehead atoms. The number of hydrogen-bond acceptors (Lipinski definition) is 0. The molecule has 0 unspecified atom stereocenters. The summed E-state index contributed by atoms with van der Waals surface area (Å²) in [6, 6.07) is 0. The zero-order chi connectivity index (χ0) is 4.50. The fourth-order valence-corrected chi connectivity index (χ4v) is 0. The molecule has 0 radical (unpaired) electrons. The van der Waals surface area contributed by atoms with Crippen LogP contribution in [-0.2, 0) is 12.3 Å². The Morgan fingerprint density at radius 1 is 0.714 bits per heavy atom. The fourth-order valence-electron chi connectivity index (χ4n) is 0. The minimum absolute atomic E-state index is 0. The van der Waals surface area contributed by atoms with Crippen LogP contribution in [0.4, 0.5) is 0 Å². The van der Waals surface area contributed by atoms with Gasteiger partial charge >= 0.3 is 49.6 Å². The molecule has 0 heterocycles. The zero-order valence-electron chi connectivity index (χ0n) is 4.01. The Labute approximate surface area is 63.9 Å². The topological polar surface area (TPSA) is 0 Å². The average molecular weight is 220 g/mol. The standard InChI is InChI=1S/2CH3.4ClH.Ti/h2*1H3;4*1H;/q2*-1;;;;;+4/p-4. The van der Waals surface area contributed by atoms with E-state index in [1.807, 2.05) is 0 Å². The number of rotatable bonds is 0. The van der Waals surface area contributed by atoms with Gasteiger partial charge in [0.1, 0.15) is 0 Å². The van der Waals surface area contributed by atoms with Crippen LogP contribution in [0.2, 0.25) is 0 Å². The Balaban J connectivity index is -0.0000000800. The Morgan fingerprint density at radius 2 is 0.714 bits per heavy atom. The molecule has 0 aliphatic rings. The van der Waals surface area contributed by atoms with Crippen molar-refractivity contribution in [1.29, 1.82) is 0 Å². The minimum atomic E-state index is -3.11. The molecule has 0 aromatic carbocycles. The van der Waals surface area contributed by atoms with E-state index in [1.54, 1.807) is 0 Å². The molecule has 7 heavy (non-hydrogen) atoms. The van der Waals surface area contributed by atoms with E-state index in [0.29, 0.717) is 0 Å². The quantitative estimate of drug-likeness (QED) is 0.431. The van der Waals surface area contributed by atoms with Gasteiger partial charge in [0, 0.05) is 0 Å². The second-order valence-corrected chi connectivity index (χ2v) is 15.9. The predicted octanol–water partition coefficient (Wildman–Crippen LogP) is 3.66. The van der Waals surface area contributed by atoms with Gasteiger partial charge in [0.2, 0.25) is 0 Å². The first kappa shape index (κ1) is 15.9. The van der Waals surface area contributed by atoms with Crippen molar-refractivity contribution in [3.63, 3.8) is 0 Å². The van der Waals surface area contributed by atoms with Gasteiger partial charge in [0.15, 0.2) is 0 Å². The van der Waals surface area contributed by atoms with Crippen molar-refractivity contribution in [3.8, 4) is 0 Å². The van der Waals surface area contributed by atoms with Crippen molar-refractivity contribution < 1.29 is 12.3 Å². The van der Waals surface area contributed by atoms with Crippen molar-refractivity contribution in [2.24, 2.45) is 0 Å². The van der Waals surface area contributed by atoms with Crippen LogP contribution in [0.3, 0.4) is 0 Å². The summed E-state index contributed by atoms with van der Waals surface area (Å²) < 4.78 is 0. The van der Waals surface area contributed by atoms with Gasteiger partial charge in [-0.05, 0) is 0 Å². The molecule has 0 fully saturated rings. The molecule has 0 atom stereocenters. The van der Waals surface area contributed by atoms with Crippen LogP contribution in [0.5, 0.6) is 0 Å². The maximum absolute atomic E-state index is 5.01. The predicted molar refractivity (Wildman–Crippen MR) is 36.2 cm³/mol. The van der Waals surface area contributed by atoms with E-state index in [0.717, 1.165) is 0 Å². The van der Waals surface area contributed by atoms with Crippen molar-refractivity contribution in [2.45, 2.75) is 0 Å². The number of hydrogen-bond donors (Lipinski definition) is 0. The first-order valence-electron chi connectivity index (χ1n) is 0.756. The molecule has 0 saturated carbocycles. The summed E-state index contributed by atoms with van der Waals surface area (Å²) in [5.74, 6) is 0. The zero-order valence-corrected chi connectivity index (χ0v) is 8.60. The molecule has 0 amide bonds. The third-order valence-corrected chi connectivity index (χ3v) is 0. The molecule has 0 aliphatic heterocycles. The molecule has 0 nitrogen and oxygen atoms in total. The van der Waals surface area contributed by atoms with E-state index in [2.05, 4.69) is 0 Å². The van der Waals surface area contributed by atoms with Crippen molar-refractivity contribution in [3.05, 3.63) is 14.9 Å². The molecule has 0 aliphatic carbocycles. The van der Waals surface area contributed by atoms with Crippen LogP contribution in [0.15, 0.2) is 0 Å². The van der Waals surface area contributed by atoms with Gasteiger partial charge in [-0.2, -0.15) is 0 Å². The molecule has 0 rings (SSSR count). The van der Waals surface area contributed by atoms with Crippen molar-refractivity contribution >= 4 is 37.2 Å². The van der Waals surface area contributed by atoms with Gasteiger partial charge < -0.3 is 14.9 Å². The summed E-state index contributed by atoms with van der Waals surface area (Å²) in [4.78, 5) is 0. The first-order chi connectivity index (χ1) is 2.00. The summed E-state index contributed by atoms with van der Waals surface area (Å²) in [6.45, 7) is 0. The molecule has 5 heteroatoms. The van der Waals surface area contributed by atoms with Crippen LogP contribution >= 0.6 is 37.2 Å². The Bertz CT molecular complexity index is 25.2. The van der Waals surface area contributed by atoms with Crippen LogP contribution in [-0.4, -0.2) is 0 Å². The SMILES string of the molecule is [CH3-].[CH3-].[Cl][Ti]([Cl])([Cl])[Cl]. The Kier molecular flexibility index (Phi) is 13.7. The molecule has 0 aromatic rings. The van der Waals surface area contributed by atoms with Crippen LogP contribution in [0.1, 0.15) is 0 Å². The van der Waals surface area contributed by atoms with Crippen LogP contribution in [0.25, 0.3) is 0 Å². The van der Waals surface area contributed by atoms with E-state index >= 15 is 0 Å². The summed E-state index contributed by atoms with van der Waals surface area (Å²) in [5.41, 5.74) is 0. The summed E-state index contributed by atoms with van der Waals surface area (Å²) in [6.07, 6.45) is 0. The summed E-state index contributed by atoms with van der Waals surface area (Å²) in [7, 11) is 20.1. The van der Waals surface area contributed by atoms with Gasteiger partial charge in [-0.3, -0.25) is 0 Å². The normalized spacial score (nSPS) is 8.57. The Hall–Kier alpha value is 1.87. The summed E-state index contributed by atoms with van der Waals surface area (Å²) in [5, 5.41) is 0. The molecule has 0 aromatic heterocycles. The van der Waals surface area contributed by atoms with E-state index in [9.17, 15) is 0 Å². The van der Waals surface area contributed by atoms with Gasteiger partial charge in [-0.15, -0.1) is 0 Å². The van der Waals surface area contributed by atoms with Gasteiger partial charge in [-0.25, -0.2) is 0 Å². The van der Waals surface area contributed by atoms with E-state index < -0.39 is 12.3 Å². The van der Waals surface area contributed by atoms with E-state index in [4.69, 9.17) is 37.2 Å². The second-order valence-electron chi connectivity index (χ2n) is 0.429. The maximum atomic E-state index is 5.01. The monoisotopic (exact) mass is 218 g/mol. The fraction of sp³-hybridized carbons (Fsp3) is 0. The van der Waals surface area contributed by atoms with E-state index in [-0.39, 0.29) is 14.9 Å². The Morgan fingerprint density at radius 3 is 0.714 bits per heavy atom. The molecule has 0 saturated heterocycles. The van der Waals surface area contributed by atoms with E-state index in [1.165, 1.54) is 0 Å². The number of halogens is 4. The van der Waals surface area contributed by atoms with Gasteiger partial charge in [-0.1, -0.05) is 0 Å². The third kappa shape index (κ3) is 77.3. The van der Waals surface area contributed by atoms with Crippen LogP contribution in [0, 0.1) is 14.9 Å². The van der Waals surface area contributed by atoms with Crippen LogP contribution < -0.4 is 0 Å². The first-order valence-corrected chi connectivity index (χ1v) is 9.35. The molecular weight excluding hydrogens is 214 g/mol. The van der Waals surface area contributed by atoms with Gasteiger partial charge in [0.25, 0.3) is 0 Å². The van der Waals surface area contributed by atoms with Crippen molar-refractivity contribution in [2.75, 3.05) is 0 Å². The van der Waals surface area contributed by atoms with Gasteiger partial charge in [0.05, 0.1) is 0 Å². The summed E-state index contributed by atoms with van der Waals surface area (Å²) >= 11 is -3.11. The molecule has 48 valence electrons. The second kappa shape index (κ2) is 6.00.